The molecule has 3 aliphatic heterocycles. The smallest absolute Gasteiger partial charge is 0.246 e. The second-order valence-electron chi connectivity index (χ2n) is 34.3. The number of rotatable bonds is 25. The highest BCUT2D eigenvalue weighted by molar-refractivity contribution is 8.00. The van der Waals surface area contributed by atoms with Crippen LogP contribution in [0.4, 0.5) is 0 Å². The number of thioether (sulfide) groups is 1. The van der Waals surface area contributed by atoms with Crippen LogP contribution in [0, 0.1) is 5.92 Å². The molecule has 41 nitrogen and oxygen atoms in total. The van der Waals surface area contributed by atoms with Gasteiger partial charge in [0.25, 0.3) is 0 Å². The summed E-state index contributed by atoms with van der Waals surface area (Å²) in [5.41, 5.74) is 19.6. The number of aromatic nitrogens is 3. The number of likely N-dealkylation sites (N-methyl/N-ethyl adjacent to an activating group) is 3. The molecule has 6 heterocycles. The topological polar surface area (TPSA) is 610 Å². The number of phenolic OH excluding ortho intramolecular Hbond substituents is 1. The van der Waals surface area contributed by atoms with Gasteiger partial charge >= 0.3 is 0 Å². The molecule has 0 spiro atoms. The molecule has 17 amide bonds. The van der Waals surface area contributed by atoms with Gasteiger partial charge in [-0.25, -0.2) is 4.98 Å². The first-order valence-corrected chi connectivity index (χ1v) is 46.8. The number of thiophene rings is 1. The van der Waals surface area contributed by atoms with Crippen LogP contribution in [0.15, 0.2) is 96.9 Å². The van der Waals surface area contributed by atoms with Crippen molar-refractivity contribution in [1.29, 1.82) is 0 Å². The SMILES string of the molecule is CCCC[C@H]1C(=O)N(C)[C@@H](CCCC)C(=O)N[C@@H](CCCN)C(=O)N[C@H](C(=O)NCC(N)=O)CSCC(=O)N[C@@H](Cc2ccc(O)cc2)C(=O)N(C)[C@@H](C)C(=O)N[C@@H](CC(N)=O)C(=O)N2CCC[C@H]2C(=O)N[C@@H](Cc2cnc[nH]2)C(=O)N[C@@H](CC(C)C)C(=O)N2C[C@@H](O)C[C@H]2C(=O)N[C@@H](Cc2c[nH]c3ccccc23)C(=O)N[C@@H](CO)C(=O)N[C@@H](Cc2csc3ccccc23)C(=O)N1C. The summed E-state index contributed by atoms with van der Waals surface area (Å²) < 4.78 is 0.821. The Labute approximate surface area is 778 Å². The lowest BCUT2D eigenvalue weighted by Crippen LogP contribution is -2.62. The number of para-hydroxylation sites is 1. The molecule has 3 aliphatic rings. The first-order valence-electron chi connectivity index (χ1n) is 44.7. The van der Waals surface area contributed by atoms with Gasteiger partial charge in [0.1, 0.15) is 90.3 Å². The molecule has 9 rings (SSSR count). The molecule has 43 heteroatoms. The first-order chi connectivity index (χ1) is 63.4. The molecule has 0 aliphatic carbocycles. The number of carbonyl (C=O) groups excluding carboxylic acids is 17. The molecule has 0 radical (unpaired) electrons. The number of benzene rings is 3. The zero-order valence-corrected chi connectivity index (χ0v) is 77.6. The fourth-order valence-electron chi connectivity index (χ4n) is 16.5. The Hall–Kier alpha value is -12.6. The van der Waals surface area contributed by atoms with Gasteiger partial charge in [-0.3, -0.25) is 81.5 Å². The predicted octanol–water partition coefficient (Wildman–Crippen LogP) is -1.72. The maximum atomic E-state index is 15.7. The zero-order valence-electron chi connectivity index (χ0n) is 76.0. The van der Waals surface area contributed by atoms with Gasteiger partial charge in [-0.2, -0.15) is 0 Å². The number of hydrogen-bond acceptors (Lipinski definition) is 24. The fourth-order valence-corrected chi connectivity index (χ4v) is 18.3. The number of imidazole rings is 1. The lowest BCUT2D eigenvalue weighted by atomic mass is 10.00. The molecule has 3 aromatic carbocycles. The summed E-state index contributed by atoms with van der Waals surface area (Å²) in [7, 11) is 3.95. The minimum absolute atomic E-state index is 0.00514. The second kappa shape index (κ2) is 49.8. The average Bonchev–Trinajstić information content (AvgIpc) is 1.62. The van der Waals surface area contributed by atoms with Crippen molar-refractivity contribution in [2.45, 2.75) is 234 Å². The summed E-state index contributed by atoms with van der Waals surface area (Å²) in [6.45, 7) is 6.13. The van der Waals surface area contributed by atoms with Crippen LogP contribution >= 0.6 is 23.1 Å². The first kappa shape index (κ1) is 104. The third-order valence-electron chi connectivity index (χ3n) is 23.9. The standard InChI is InChI=1S/C90H125N21O20S2/c1-9-11-23-69-83(124)99-60(22-17-31-91)79(120)106-68(78(119)96-42-75(93)116)46-132-47-76(117)98-64(34-51-27-29-55(113)30-28-51)86(127)107(6)50(5)77(118)102-66(39-74(92)115)88(129)110-32-18-25-70(110)84(125)101-62(37-54-41-94-48-97-54)81(122)103-63(33-49(3)4)89(130)111-43-56(114)38-72(111)85(126)100-61(35-52-40-95-59-21-15-13-19-57(52)59)80(121)105-67(44-112)82(123)104-65(36-53-45-133-73-26-16-14-20-58(53)73)87(128)109(8)71(24-12-10-2)90(131)108(69)7/h13-16,19-21,26-30,40-41,45,48-50,56,60-72,95,112-114H,9-12,17-18,22-25,31-39,42-44,46-47,91H2,1-8H3,(H2,92,115)(H2,93,116)(H,94,97)(H,96,119)(H,98,117)(H,99,124)(H,100,126)(H,101,125)(H,102,118)(H,103,122)(H,104,123)(H,105,121)(H,106,120)/t50-,56-,60-,61-,62-,63-,64-,65-,66-,67-,68-,69-,70-,71-,72-/m0/s1. The minimum Gasteiger partial charge on any atom is -0.508 e. The van der Waals surface area contributed by atoms with Crippen molar-refractivity contribution in [3.8, 4) is 5.75 Å². The maximum absolute atomic E-state index is 15.7. The zero-order chi connectivity index (χ0) is 97.0. The van der Waals surface area contributed by atoms with Crippen LogP contribution < -0.4 is 70.4 Å². The number of nitrogens with zero attached hydrogens (tertiary/aromatic N) is 6. The van der Waals surface area contributed by atoms with E-state index in [0.29, 0.717) is 59.0 Å². The summed E-state index contributed by atoms with van der Waals surface area (Å²) >= 11 is 2.14. The van der Waals surface area contributed by atoms with E-state index in [1.165, 1.54) is 81.1 Å². The number of nitrogens with one attached hydrogen (secondary N) is 12. The normalized spacial score (nSPS) is 25.0. The summed E-state index contributed by atoms with van der Waals surface area (Å²) in [5, 5.41) is 62.6. The second-order valence-corrected chi connectivity index (χ2v) is 36.3. The summed E-state index contributed by atoms with van der Waals surface area (Å²) in [6.07, 6.45) is 2.51. The number of aliphatic hydroxyl groups is 2. The number of aromatic hydroxyl groups is 1. The Morgan fingerprint density at radius 2 is 1.15 bits per heavy atom. The lowest BCUT2D eigenvalue weighted by Gasteiger charge is -2.36. The Morgan fingerprint density at radius 1 is 0.571 bits per heavy atom. The molecular formula is C90H125N21O20S2. The van der Waals surface area contributed by atoms with Gasteiger partial charge < -0.3 is 120 Å². The quantitative estimate of drug-likeness (QED) is 0.0303. The molecule has 133 heavy (non-hydrogen) atoms. The Bertz CT molecular complexity index is 5110. The van der Waals surface area contributed by atoms with Crippen molar-refractivity contribution in [3.05, 3.63) is 119 Å². The molecule has 3 fully saturated rings. The van der Waals surface area contributed by atoms with Crippen molar-refractivity contribution >= 4 is 145 Å². The molecule has 6 aromatic rings. The summed E-state index contributed by atoms with van der Waals surface area (Å²) in [6, 6.07) is -1.64. The molecule has 0 unspecified atom stereocenters. The van der Waals surface area contributed by atoms with Gasteiger partial charge in [0.05, 0.1) is 37.8 Å². The fraction of sp³-hybridized carbons (Fsp3) is 0.533. The van der Waals surface area contributed by atoms with Crippen molar-refractivity contribution < 1.29 is 96.8 Å². The molecule has 722 valence electrons. The average molecular weight is 1890 g/mol. The van der Waals surface area contributed by atoms with Crippen LogP contribution in [0.1, 0.15) is 140 Å². The van der Waals surface area contributed by atoms with E-state index in [2.05, 4.69) is 68.1 Å². The number of fused-ring (bicyclic) bond motifs is 4. The highest BCUT2D eigenvalue weighted by atomic mass is 32.2. The molecule has 21 N–H and O–H groups in total. The minimum atomic E-state index is -1.87. The van der Waals surface area contributed by atoms with E-state index in [1.807, 2.05) is 32.0 Å². The maximum Gasteiger partial charge on any atom is 0.246 e. The number of aromatic amines is 2. The van der Waals surface area contributed by atoms with Crippen molar-refractivity contribution in [1.82, 2.24) is 92.6 Å². The van der Waals surface area contributed by atoms with Gasteiger partial charge in [-0.15, -0.1) is 23.1 Å². The number of H-pyrrole nitrogens is 2. The third kappa shape index (κ3) is 28.7. The molecule has 3 aromatic heterocycles. The van der Waals surface area contributed by atoms with Crippen LogP contribution in [0.2, 0.25) is 0 Å². The van der Waals surface area contributed by atoms with Crippen LogP contribution in [-0.2, 0) is 107 Å². The Morgan fingerprint density at radius 3 is 1.80 bits per heavy atom. The van der Waals surface area contributed by atoms with Gasteiger partial charge in [0, 0.05) is 106 Å². The molecule has 15 atom stereocenters. The van der Waals surface area contributed by atoms with Crippen molar-refractivity contribution in [2.75, 3.05) is 65.4 Å². The molecular weight excluding hydrogens is 1760 g/mol. The molecule has 0 bridgehead atoms. The number of nitrogens with two attached hydrogens (primary N) is 3. The van der Waals surface area contributed by atoms with E-state index in [-0.39, 0.29) is 102 Å². The van der Waals surface area contributed by atoms with Gasteiger partial charge in [-0.1, -0.05) is 102 Å². The van der Waals surface area contributed by atoms with Crippen LogP contribution in [0.3, 0.4) is 0 Å². The van der Waals surface area contributed by atoms with Gasteiger partial charge in [-0.05, 0) is 116 Å². The number of unbranched alkanes of at least 4 members (excludes halogenated alkanes) is 2. The van der Waals surface area contributed by atoms with Crippen LogP contribution in [0.25, 0.3) is 21.0 Å². The number of aliphatic hydroxyl groups excluding tert-OH is 2. The van der Waals surface area contributed by atoms with E-state index in [1.54, 1.807) is 55.8 Å². The van der Waals surface area contributed by atoms with E-state index in [4.69, 9.17) is 17.2 Å². The highest BCUT2D eigenvalue weighted by Crippen LogP contribution is 2.30. The third-order valence-corrected chi connectivity index (χ3v) is 26.0. The van der Waals surface area contributed by atoms with E-state index in [9.17, 15) is 58.5 Å². The van der Waals surface area contributed by atoms with E-state index in [0.717, 1.165) is 41.4 Å². The summed E-state index contributed by atoms with van der Waals surface area (Å²) in [4.78, 5) is 265. The van der Waals surface area contributed by atoms with Gasteiger partial charge in [0.2, 0.25) is 100 Å². The van der Waals surface area contributed by atoms with Gasteiger partial charge in [0.15, 0.2) is 0 Å². The van der Waals surface area contributed by atoms with Crippen LogP contribution in [-0.4, -0.2) is 311 Å². The number of primary amides is 2. The lowest BCUT2D eigenvalue weighted by molar-refractivity contribution is -0.149. The monoisotopic (exact) mass is 1880 g/mol. The van der Waals surface area contributed by atoms with E-state index >= 15 is 38.4 Å². The molecule has 3 saturated heterocycles. The molecule has 0 saturated carbocycles. The van der Waals surface area contributed by atoms with E-state index < -0.39 is 229 Å². The Kier molecular flexibility index (Phi) is 38.9. The van der Waals surface area contributed by atoms with Crippen molar-refractivity contribution in [2.24, 2.45) is 23.1 Å². The van der Waals surface area contributed by atoms with Crippen molar-refractivity contribution in [3.63, 3.8) is 0 Å². The van der Waals surface area contributed by atoms with Crippen LogP contribution in [0.5, 0.6) is 5.75 Å². The Balaban J connectivity index is 1.09. The highest BCUT2D eigenvalue weighted by Gasteiger charge is 2.47. The number of phenols is 1. The summed E-state index contributed by atoms with van der Waals surface area (Å²) in [5.74, 6) is -17.2. The largest absolute Gasteiger partial charge is 0.508 e. The predicted molar refractivity (Wildman–Crippen MR) is 492 cm³/mol. The number of hydrogen-bond donors (Lipinski definition) is 18. The number of amides is 17. The number of carbonyl (C=O) groups is 17.